The molecular weight excluding hydrogens is 516 g/mol. The molecule has 13 nitrogen and oxygen atoms in total. The van der Waals surface area contributed by atoms with E-state index in [1.807, 2.05) is 27.7 Å². The van der Waals surface area contributed by atoms with E-state index >= 15 is 0 Å². The SMILES string of the molecule is CC(C)c1nonc1C(C)C.CCc1nonc1C(C)C.COc1nonc1C(C)C.Cc1nonc1C(C)C. The van der Waals surface area contributed by atoms with Gasteiger partial charge in [0.25, 0.3) is 5.88 Å². The van der Waals surface area contributed by atoms with Gasteiger partial charge in [-0.2, -0.15) is 0 Å². The fraction of sp³-hybridized carbons (Fsp3) is 0.704. The van der Waals surface area contributed by atoms with Gasteiger partial charge in [-0.25, -0.2) is 18.5 Å². The van der Waals surface area contributed by atoms with Crippen LogP contribution in [0.2, 0.25) is 0 Å². The molecule has 13 heteroatoms. The van der Waals surface area contributed by atoms with E-state index in [0.29, 0.717) is 35.5 Å². The van der Waals surface area contributed by atoms with Crippen LogP contribution in [0.1, 0.15) is 146 Å². The van der Waals surface area contributed by atoms with E-state index in [1.54, 1.807) is 7.11 Å². The molecular formula is C27H46N8O5. The van der Waals surface area contributed by atoms with Crippen molar-refractivity contribution in [3.63, 3.8) is 0 Å². The maximum Gasteiger partial charge on any atom is 0.278 e. The van der Waals surface area contributed by atoms with Gasteiger partial charge in [0, 0.05) is 29.6 Å². The summed E-state index contributed by atoms with van der Waals surface area (Å²) >= 11 is 0. The van der Waals surface area contributed by atoms with Crippen LogP contribution >= 0.6 is 0 Å². The zero-order valence-corrected chi connectivity index (χ0v) is 26.2. The lowest BCUT2D eigenvalue weighted by Crippen LogP contribution is -1.96. The van der Waals surface area contributed by atoms with E-state index in [4.69, 9.17) is 4.74 Å². The molecule has 0 spiro atoms. The Bertz CT molecular complexity index is 1140. The molecule has 0 radical (unpaired) electrons. The standard InChI is InChI=1S/C8H14N2O.C7H12N2O.C6H10N2O2.C6H10N2O/c1-5(2)7-8(6(3)4)10-11-9-7;1-4-6-7(5(2)3)9-10-8-6;1-4(2)5-6(9-3)8-10-7-5;1-4(2)6-5(3)7-9-8-6/h5-6H,1-4H3;5H,4H2,1-3H3;4H,1-3H3;4H,1-3H3. The second kappa shape index (κ2) is 17.1. The highest BCUT2D eigenvalue weighted by Crippen LogP contribution is 2.22. The van der Waals surface area contributed by atoms with Crippen molar-refractivity contribution in [3.8, 4) is 5.88 Å². The van der Waals surface area contributed by atoms with Crippen LogP contribution < -0.4 is 4.74 Å². The molecule has 0 amide bonds. The summed E-state index contributed by atoms with van der Waals surface area (Å²) in [7, 11) is 1.55. The van der Waals surface area contributed by atoms with Crippen LogP contribution in [0.15, 0.2) is 18.5 Å². The molecule has 0 saturated heterocycles. The summed E-state index contributed by atoms with van der Waals surface area (Å²) < 4.78 is 23.1. The molecule has 0 aliphatic rings. The zero-order chi connectivity index (χ0) is 30.4. The Kier molecular flexibility index (Phi) is 14.7. The van der Waals surface area contributed by atoms with E-state index in [2.05, 4.69) is 115 Å². The van der Waals surface area contributed by atoms with Gasteiger partial charge in [-0.05, 0) is 18.5 Å². The van der Waals surface area contributed by atoms with Gasteiger partial charge >= 0.3 is 0 Å². The zero-order valence-electron chi connectivity index (χ0n) is 26.2. The first-order chi connectivity index (χ1) is 18.8. The third kappa shape index (κ3) is 10.5. The molecule has 0 N–H and O–H groups in total. The molecule has 4 aromatic rings. The van der Waals surface area contributed by atoms with Gasteiger partial charge in [0.1, 0.15) is 34.2 Å². The second-order valence-electron chi connectivity index (χ2n) is 10.7. The summed E-state index contributed by atoms with van der Waals surface area (Å²) in [4.78, 5) is 0. The van der Waals surface area contributed by atoms with Crippen LogP contribution in [-0.2, 0) is 6.42 Å². The number of ether oxygens (including phenoxy) is 1. The quantitative estimate of drug-likeness (QED) is 0.231. The highest BCUT2D eigenvalue weighted by atomic mass is 16.6. The molecule has 0 aliphatic carbocycles. The largest absolute Gasteiger partial charge is 0.477 e. The number of hydrogen-bond donors (Lipinski definition) is 0. The first-order valence-electron chi connectivity index (χ1n) is 13.6. The van der Waals surface area contributed by atoms with E-state index in [9.17, 15) is 0 Å². The molecule has 4 rings (SSSR count). The molecule has 0 aliphatic heterocycles. The van der Waals surface area contributed by atoms with Crippen LogP contribution in [-0.4, -0.2) is 48.4 Å². The Balaban J connectivity index is 0.000000267. The lowest BCUT2D eigenvalue weighted by Gasteiger charge is -2.03. The van der Waals surface area contributed by atoms with Crippen LogP contribution in [0, 0.1) is 6.92 Å². The van der Waals surface area contributed by atoms with Crippen molar-refractivity contribution in [1.29, 1.82) is 0 Å². The average Bonchev–Trinajstić information content (AvgIpc) is 3.70. The minimum absolute atomic E-state index is 0.293. The van der Waals surface area contributed by atoms with E-state index in [-0.39, 0.29) is 0 Å². The first kappa shape index (κ1) is 34.4. The van der Waals surface area contributed by atoms with Crippen molar-refractivity contribution in [2.75, 3.05) is 7.11 Å². The molecule has 4 aromatic heterocycles. The van der Waals surface area contributed by atoms with Gasteiger partial charge in [0.15, 0.2) is 5.69 Å². The highest BCUT2D eigenvalue weighted by Gasteiger charge is 2.16. The number of methoxy groups -OCH3 is 1. The van der Waals surface area contributed by atoms with Gasteiger partial charge in [-0.15, -0.1) is 0 Å². The molecule has 0 atom stereocenters. The molecule has 4 heterocycles. The first-order valence-corrected chi connectivity index (χ1v) is 13.6. The maximum atomic E-state index is 4.88. The fourth-order valence-electron chi connectivity index (χ4n) is 3.34. The van der Waals surface area contributed by atoms with Gasteiger partial charge in [0.05, 0.1) is 7.11 Å². The summed E-state index contributed by atoms with van der Waals surface area (Å²) in [5.41, 5.74) is 6.56. The molecule has 0 aromatic carbocycles. The van der Waals surface area contributed by atoms with Crippen molar-refractivity contribution in [2.45, 2.75) is 119 Å². The van der Waals surface area contributed by atoms with E-state index < -0.39 is 0 Å². The molecule has 0 unspecified atom stereocenters. The predicted octanol–water partition coefficient (Wildman–Crippen LogP) is 6.77. The van der Waals surface area contributed by atoms with Crippen LogP contribution in [0.3, 0.4) is 0 Å². The summed E-state index contributed by atoms with van der Waals surface area (Å²) in [5, 5.41) is 29.9. The molecule has 0 bridgehead atoms. The summed E-state index contributed by atoms with van der Waals surface area (Å²) in [6.45, 7) is 24.6. The van der Waals surface area contributed by atoms with Crippen molar-refractivity contribution in [1.82, 2.24) is 41.3 Å². The monoisotopic (exact) mass is 562 g/mol. The lowest BCUT2D eigenvalue weighted by atomic mass is 10.0. The number of nitrogens with zero attached hydrogens (tertiary/aromatic N) is 8. The second-order valence-corrected chi connectivity index (χ2v) is 10.7. The van der Waals surface area contributed by atoms with Crippen molar-refractivity contribution >= 4 is 0 Å². The highest BCUT2D eigenvalue weighted by molar-refractivity contribution is 5.17. The lowest BCUT2D eigenvalue weighted by molar-refractivity contribution is 0.280. The Hall–Kier alpha value is -3.64. The minimum Gasteiger partial charge on any atom is -0.477 e. The van der Waals surface area contributed by atoms with Gasteiger partial charge in [0.2, 0.25) is 0 Å². The molecule has 40 heavy (non-hydrogen) atoms. The third-order valence-electron chi connectivity index (χ3n) is 5.56. The smallest absolute Gasteiger partial charge is 0.278 e. The summed E-state index contributed by atoms with van der Waals surface area (Å²) in [6, 6.07) is 0. The Labute approximate surface area is 236 Å². The summed E-state index contributed by atoms with van der Waals surface area (Å²) in [6.07, 6.45) is 0.900. The Morgan fingerprint density at radius 1 is 0.500 bits per heavy atom. The van der Waals surface area contributed by atoms with Gasteiger partial charge in [-0.1, -0.05) is 112 Å². The minimum atomic E-state index is 0.293. The number of rotatable bonds is 7. The van der Waals surface area contributed by atoms with Crippen molar-refractivity contribution < 1.29 is 23.3 Å². The van der Waals surface area contributed by atoms with Crippen molar-refractivity contribution in [3.05, 3.63) is 39.9 Å². The Morgan fingerprint density at radius 3 is 1.20 bits per heavy atom. The maximum absolute atomic E-state index is 4.88. The topological polar surface area (TPSA) is 165 Å². The molecule has 0 fully saturated rings. The predicted molar refractivity (Wildman–Crippen MR) is 148 cm³/mol. The van der Waals surface area contributed by atoms with Gasteiger partial charge < -0.3 is 4.74 Å². The number of aromatic nitrogens is 8. The van der Waals surface area contributed by atoms with Crippen LogP contribution in [0.5, 0.6) is 5.88 Å². The number of aryl methyl sites for hydroxylation is 2. The average molecular weight is 563 g/mol. The summed E-state index contributed by atoms with van der Waals surface area (Å²) in [5.74, 6) is 2.41. The molecule has 0 saturated carbocycles. The fourth-order valence-corrected chi connectivity index (χ4v) is 3.34. The third-order valence-corrected chi connectivity index (χ3v) is 5.56. The normalized spacial score (nSPS) is 10.8. The van der Waals surface area contributed by atoms with Crippen LogP contribution in [0.4, 0.5) is 0 Å². The molecule has 224 valence electrons. The number of hydrogen-bond acceptors (Lipinski definition) is 13. The van der Waals surface area contributed by atoms with Crippen molar-refractivity contribution in [2.24, 2.45) is 0 Å². The van der Waals surface area contributed by atoms with E-state index in [0.717, 1.165) is 46.3 Å². The van der Waals surface area contributed by atoms with Crippen LogP contribution in [0.25, 0.3) is 0 Å². The van der Waals surface area contributed by atoms with Gasteiger partial charge in [-0.3, -0.25) is 0 Å². The Morgan fingerprint density at radius 2 is 0.875 bits per heavy atom. The van der Waals surface area contributed by atoms with E-state index in [1.165, 1.54) is 0 Å².